The molecule has 0 amide bonds. The van der Waals surface area contributed by atoms with Crippen LogP contribution in [0.5, 0.6) is 5.75 Å². The summed E-state index contributed by atoms with van der Waals surface area (Å²) in [6.45, 7) is 4.94. The summed E-state index contributed by atoms with van der Waals surface area (Å²) >= 11 is 0. The average Bonchev–Trinajstić information content (AvgIpc) is 3.42. The number of carbonyl (C=O) groups is 1. The molecule has 2 aromatic carbocycles. The maximum Gasteiger partial charge on any atom is 0.194 e. The molecule has 3 rings (SSSR count). The molecule has 0 aromatic heterocycles. The van der Waals surface area contributed by atoms with E-state index in [0.29, 0.717) is 0 Å². The van der Waals surface area contributed by atoms with Gasteiger partial charge in [0.25, 0.3) is 0 Å². The topological polar surface area (TPSA) is 35.5 Å². The molecule has 50 heavy (non-hydrogen) atoms. The van der Waals surface area contributed by atoms with Gasteiger partial charge in [0.2, 0.25) is 0 Å². The van der Waals surface area contributed by atoms with Crippen molar-refractivity contribution in [1.29, 1.82) is 0 Å². The molecular weight excluding hydrogens is 613 g/mol. The first-order chi connectivity index (χ1) is 24.8. The van der Waals surface area contributed by atoms with Gasteiger partial charge in [-0.15, -0.1) is 0 Å². The lowest BCUT2D eigenvalue weighted by Gasteiger charge is -2.08. The molecule has 0 radical (unpaired) electrons. The fraction of sp³-hybridized carbons (Fsp3) is 0.723. The van der Waals surface area contributed by atoms with Crippen LogP contribution in [0.1, 0.15) is 215 Å². The molecule has 0 aliphatic heterocycles. The predicted molar refractivity (Wildman–Crippen MR) is 216 cm³/mol. The molecule has 0 saturated heterocycles. The van der Waals surface area contributed by atoms with Crippen LogP contribution in [0.2, 0.25) is 0 Å². The van der Waals surface area contributed by atoms with Crippen molar-refractivity contribution in [2.24, 2.45) is 0 Å². The molecule has 282 valence electrons. The van der Waals surface area contributed by atoms with Gasteiger partial charge in [-0.2, -0.15) is 0 Å². The summed E-state index contributed by atoms with van der Waals surface area (Å²) in [5.74, 6) is 0.928. The third-order valence-corrected chi connectivity index (χ3v) is 10.8. The predicted octanol–water partition coefficient (Wildman–Crippen LogP) is 15.0. The van der Waals surface area contributed by atoms with Gasteiger partial charge in [0.15, 0.2) is 5.78 Å². The summed E-state index contributed by atoms with van der Waals surface area (Å²) in [5.41, 5.74) is 3.65. The number of rotatable bonds is 35. The van der Waals surface area contributed by atoms with E-state index in [0.717, 1.165) is 54.2 Å². The molecule has 3 nitrogen and oxygen atoms in total. The van der Waals surface area contributed by atoms with Gasteiger partial charge in [0.1, 0.15) is 5.75 Å². The first-order valence-electron chi connectivity index (χ1n) is 21.8. The molecule has 0 saturated carbocycles. The largest absolute Gasteiger partial charge is 0.494 e. The molecule has 1 aliphatic carbocycles. The number of fused-ring (bicyclic) bond motifs is 3. The van der Waals surface area contributed by atoms with Crippen molar-refractivity contribution in [3.63, 3.8) is 0 Å². The van der Waals surface area contributed by atoms with Crippen molar-refractivity contribution in [1.82, 2.24) is 0 Å². The van der Waals surface area contributed by atoms with E-state index in [4.69, 9.17) is 9.47 Å². The summed E-state index contributed by atoms with van der Waals surface area (Å²) in [4.78, 5) is 12.7. The van der Waals surface area contributed by atoms with Gasteiger partial charge in [0, 0.05) is 24.3 Å². The van der Waals surface area contributed by atoms with E-state index in [-0.39, 0.29) is 5.78 Å². The summed E-state index contributed by atoms with van der Waals surface area (Å²) in [7, 11) is 0. The van der Waals surface area contributed by atoms with Crippen LogP contribution in [0, 0.1) is 0 Å². The van der Waals surface area contributed by atoms with Crippen molar-refractivity contribution in [3.8, 4) is 16.9 Å². The molecule has 1 aliphatic rings. The van der Waals surface area contributed by atoms with Gasteiger partial charge in [-0.1, -0.05) is 205 Å². The number of hydrogen-bond donors (Lipinski definition) is 0. The second-order valence-corrected chi connectivity index (χ2v) is 15.3. The Hall–Kier alpha value is -2.13. The minimum Gasteiger partial charge on any atom is -0.494 e. The van der Waals surface area contributed by atoms with Crippen LogP contribution in [0.25, 0.3) is 11.1 Å². The van der Waals surface area contributed by atoms with Crippen molar-refractivity contribution in [2.45, 2.75) is 200 Å². The Morgan fingerprint density at radius 1 is 0.380 bits per heavy atom. The molecule has 0 bridgehead atoms. The second-order valence-electron chi connectivity index (χ2n) is 15.3. The Morgan fingerprint density at radius 2 is 0.740 bits per heavy atom. The van der Waals surface area contributed by atoms with Crippen molar-refractivity contribution in [2.75, 3.05) is 19.8 Å². The van der Waals surface area contributed by atoms with Crippen LogP contribution in [0.3, 0.4) is 0 Å². The fourth-order valence-electron chi connectivity index (χ4n) is 7.57. The quantitative estimate of drug-likeness (QED) is 0.0577. The zero-order chi connectivity index (χ0) is 35.2. The second kappa shape index (κ2) is 29.4. The van der Waals surface area contributed by atoms with Gasteiger partial charge < -0.3 is 9.47 Å². The van der Waals surface area contributed by atoms with E-state index >= 15 is 0 Å². The lowest BCUT2D eigenvalue weighted by Crippen LogP contribution is -1.99. The molecule has 2 aromatic rings. The van der Waals surface area contributed by atoms with Gasteiger partial charge >= 0.3 is 0 Å². The minimum absolute atomic E-state index is 0.116. The molecule has 0 unspecified atom stereocenters. The Kier molecular flexibility index (Phi) is 24.9. The van der Waals surface area contributed by atoms with E-state index in [1.54, 1.807) is 0 Å². The Bertz CT molecular complexity index is 1110. The van der Waals surface area contributed by atoms with Crippen LogP contribution in [0.4, 0.5) is 0 Å². The van der Waals surface area contributed by atoms with E-state index in [2.05, 4.69) is 6.92 Å². The number of benzene rings is 2. The Morgan fingerprint density at radius 3 is 1.18 bits per heavy atom. The van der Waals surface area contributed by atoms with E-state index in [1.807, 2.05) is 42.5 Å². The first-order valence-corrected chi connectivity index (χ1v) is 21.8. The van der Waals surface area contributed by atoms with Gasteiger partial charge in [0.05, 0.1) is 6.61 Å². The van der Waals surface area contributed by atoms with Crippen LogP contribution in [0.15, 0.2) is 42.5 Å². The molecule has 3 heteroatoms. The van der Waals surface area contributed by atoms with Gasteiger partial charge in [-0.25, -0.2) is 0 Å². The normalized spacial score (nSPS) is 12.1. The highest BCUT2D eigenvalue weighted by Crippen LogP contribution is 2.38. The number of hydrogen-bond acceptors (Lipinski definition) is 3. The van der Waals surface area contributed by atoms with E-state index in [9.17, 15) is 4.79 Å². The number of ketones is 1. The molecule has 0 spiro atoms. The lowest BCUT2D eigenvalue weighted by molar-refractivity contribution is 0.104. The highest BCUT2D eigenvalue weighted by molar-refractivity contribution is 6.21. The van der Waals surface area contributed by atoms with E-state index < -0.39 is 0 Å². The van der Waals surface area contributed by atoms with Crippen LogP contribution in [-0.2, 0) is 4.74 Å². The number of ether oxygens (including phenoxy) is 2. The van der Waals surface area contributed by atoms with Crippen LogP contribution >= 0.6 is 0 Å². The highest BCUT2D eigenvalue weighted by Gasteiger charge is 2.26. The number of unbranched alkanes of at least 4 members (excludes halogenated alkanes) is 28. The van der Waals surface area contributed by atoms with Crippen LogP contribution in [-0.4, -0.2) is 25.6 Å². The molecule has 0 N–H and O–H groups in total. The van der Waals surface area contributed by atoms with Crippen molar-refractivity contribution >= 4 is 5.78 Å². The molecular formula is C47H76O3. The Balaban J connectivity index is 0.949. The maximum absolute atomic E-state index is 12.7. The van der Waals surface area contributed by atoms with Gasteiger partial charge in [-0.3, -0.25) is 4.79 Å². The van der Waals surface area contributed by atoms with Crippen molar-refractivity contribution in [3.05, 3.63) is 53.6 Å². The average molecular weight is 689 g/mol. The SMILES string of the molecule is CCCCCCCCCCCCCCCCCCCCCCOCCCCCCCCCCCCOc1ccc2c(c1)C(=O)c1ccccc1-2. The zero-order valence-corrected chi connectivity index (χ0v) is 32.6. The third-order valence-electron chi connectivity index (χ3n) is 10.8. The van der Waals surface area contributed by atoms with E-state index in [1.165, 1.54) is 186 Å². The molecule has 0 fully saturated rings. The summed E-state index contributed by atoms with van der Waals surface area (Å²) < 4.78 is 11.9. The fourth-order valence-corrected chi connectivity index (χ4v) is 7.57. The maximum atomic E-state index is 12.7. The third kappa shape index (κ3) is 18.9. The van der Waals surface area contributed by atoms with Crippen molar-refractivity contribution < 1.29 is 14.3 Å². The van der Waals surface area contributed by atoms with Crippen LogP contribution < -0.4 is 4.74 Å². The monoisotopic (exact) mass is 689 g/mol. The summed E-state index contributed by atoms with van der Waals surface area (Å²) in [5, 5.41) is 0. The van der Waals surface area contributed by atoms with Gasteiger partial charge in [-0.05, 0) is 48.6 Å². The highest BCUT2D eigenvalue weighted by atomic mass is 16.5. The zero-order valence-electron chi connectivity index (χ0n) is 32.6. The standard InChI is InChI=1S/C47H76O3/c1-2-3-4-5-6-7-8-9-10-11-12-13-14-15-16-17-20-23-26-31-38-49-39-32-27-24-21-18-19-22-25-28-33-40-50-42-36-37-44-43-34-29-30-35-45(43)47(48)46(44)41-42/h29-30,34-37,41H,2-28,31-33,38-40H2,1H3. The summed E-state index contributed by atoms with van der Waals surface area (Å²) in [6.07, 6.45) is 41.6. The number of carbonyl (C=O) groups excluding carboxylic acids is 1. The summed E-state index contributed by atoms with van der Waals surface area (Å²) in [6, 6.07) is 13.8. The lowest BCUT2D eigenvalue weighted by atomic mass is 10.0. The Labute approximate surface area is 309 Å². The molecule has 0 atom stereocenters. The smallest absolute Gasteiger partial charge is 0.194 e. The minimum atomic E-state index is 0.116. The molecule has 0 heterocycles. The first kappa shape index (κ1) is 42.3.